The van der Waals surface area contributed by atoms with Crippen molar-refractivity contribution in [2.45, 2.75) is 6.92 Å². The fourth-order valence-electron chi connectivity index (χ4n) is 3.59. The molecular weight excluding hydrogens is 372 g/mol. The minimum atomic E-state index is -0.265. The van der Waals surface area contributed by atoms with E-state index < -0.39 is 0 Å². The van der Waals surface area contributed by atoms with Gasteiger partial charge in [0.15, 0.2) is 0 Å². The van der Waals surface area contributed by atoms with Gasteiger partial charge in [-0.2, -0.15) is 0 Å². The summed E-state index contributed by atoms with van der Waals surface area (Å²) in [5.74, 6) is -0.495. The van der Waals surface area contributed by atoms with Gasteiger partial charge in [-0.3, -0.25) is 14.5 Å². The molecule has 7 heteroatoms. The Morgan fingerprint density at radius 3 is 2.32 bits per heavy atom. The summed E-state index contributed by atoms with van der Waals surface area (Å²) in [6, 6.07) is 11.8. The van der Waals surface area contributed by atoms with Gasteiger partial charge in [-0.05, 0) is 49.7 Å². The maximum absolute atomic E-state index is 12.8. The molecule has 0 aliphatic carbocycles. The lowest BCUT2D eigenvalue weighted by Crippen LogP contribution is -2.44. The molecular formula is C21H24N4O2S. The molecule has 1 N–H and O–H groups in total. The Bertz CT molecular complexity index is 897. The zero-order valence-corrected chi connectivity index (χ0v) is 17.0. The minimum absolute atomic E-state index is 0.230. The Hall–Kier alpha value is -2.64. The number of carbonyl (C=O) groups excluding carboxylic acids is 2. The highest BCUT2D eigenvalue weighted by Gasteiger charge is 2.38. The second-order valence-electron chi connectivity index (χ2n) is 7.04. The number of hydrogen-bond acceptors (Lipinski definition) is 6. The molecule has 2 aliphatic rings. The number of nitrogens with one attached hydrogen (secondary N) is 1. The summed E-state index contributed by atoms with van der Waals surface area (Å²) in [7, 11) is 2.14. The molecule has 1 fully saturated rings. The number of likely N-dealkylation sites (N-methyl/N-ethyl adjacent to an activating group) is 2. The van der Waals surface area contributed by atoms with Crippen LogP contribution in [0.5, 0.6) is 0 Å². The van der Waals surface area contributed by atoms with E-state index in [4.69, 9.17) is 0 Å². The first-order valence-electron chi connectivity index (χ1n) is 9.53. The molecule has 1 aromatic carbocycles. The standard InChI is InChI=1S/C21H24N4O2S/c1-3-25-20(26)18(17-5-4-14-28-17)19(21(25)27)22-15-6-8-16(9-7-15)24-12-10-23(2)11-13-24/h4-9,14,22H,3,10-13H2,1-2H3. The first kappa shape index (κ1) is 18.7. The maximum Gasteiger partial charge on any atom is 0.278 e. The topological polar surface area (TPSA) is 55.9 Å². The van der Waals surface area contributed by atoms with Crippen LogP contribution < -0.4 is 10.2 Å². The van der Waals surface area contributed by atoms with Crippen molar-refractivity contribution in [3.63, 3.8) is 0 Å². The van der Waals surface area contributed by atoms with Crippen LogP contribution in [0.4, 0.5) is 11.4 Å². The Morgan fingerprint density at radius 1 is 1.00 bits per heavy atom. The molecule has 1 saturated heterocycles. The second kappa shape index (κ2) is 7.77. The number of piperazine rings is 1. The lowest BCUT2D eigenvalue weighted by molar-refractivity contribution is -0.136. The third kappa shape index (κ3) is 3.43. The van der Waals surface area contributed by atoms with E-state index in [1.54, 1.807) is 0 Å². The highest BCUT2D eigenvalue weighted by Crippen LogP contribution is 2.33. The first-order valence-corrected chi connectivity index (χ1v) is 10.4. The van der Waals surface area contributed by atoms with Gasteiger partial charge < -0.3 is 15.1 Å². The van der Waals surface area contributed by atoms with Gasteiger partial charge in [0.1, 0.15) is 5.70 Å². The predicted octanol–water partition coefficient (Wildman–Crippen LogP) is 2.71. The molecule has 2 aromatic rings. The van der Waals surface area contributed by atoms with Crippen molar-refractivity contribution in [1.29, 1.82) is 0 Å². The summed E-state index contributed by atoms with van der Waals surface area (Å²) in [4.78, 5) is 32.3. The summed E-state index contributed by atoms with van der Waals surface area (Å²) in [6.45, 7) is 6.31. The maximum atomic E-state index is 12.8. The molecule has 6 nitrogen and oxygen atoms in total. The van der Waals surface area contributed by atoms with E-state index in [0.29, 0.717) is 17.8 Å². The van der Waals surface area contributed by atoms with E-state index in [0.717, 1.165) is 36.7 Å². The molecule has 2 aliphatic heterocycles. The Morgan fingerprint density at radius 2 is 1.71 bits per heavy atom. The SMILES string of the molecule is CCN1C(=O)C(Nc2ccc(N3CCN(C)CC3)cc2)=C(c2cccs2)C1=O. The number of hydrogen-bond donors (Lipinski definition) is 1. The quantitative estimate of drug-likeness (QED) is 0.788. The number of carbonyl (C=O) groups is 2. The molecule has 0 saturated carbocycles. The summed E-state index contributed by atoms with van der Waals surface area (Å²) >= 11 is 1.47. The van der Waals surface area contributed by atoms with E-state index in [1.807, 2.05) is 36.6 Å². The number of nitrogens with zero attached hydrogens (tertiary/aromatic N) is 3. The van der Waals surface area contributed by atoms with Crippen molar-refractivity contribution in [3.8, 4) is 0 Å². The van der Waals surface area contributed by atoms with Gasteiger partial charge in [0.2, 0.25) is 0 Å². The van der Waals surface area contributed by atoms with Gasteiger partial charge in [-0.25, -0.2) is 0 Å². The minimum Gasteiger partial charge on any atom is -0.369 e. The molecule has 0 unspecified atom stereocenters. The van der Waals surface area contributed by atoms with Crippen LogP contribution in [0.15, 0.2) is 47.5 Å². The number of imide groups is 1. The number of benzene rings is 1. The average Bonchev–Trinajstić information content (AvgIpc) is 3.30. The fraction of sp³-hybridized carbons (Fsp3) is 0.333. The van der Waals surface area contributed by atoms with E-state index in [-0.39, 0.29) is 11.8 Å². The second-order valence-corrected chi connectivity index (χ2v) is 7.99. The van der Waals surface area contributed by atoms with Crippen molar-refractivity contribution >= 4 is 40.1 Å². The van der Waals surface area contributed by atoms with Crippen LogP contribution in [0.2, 0.25) is 0 Å². The van der Waals surface area contributed by atoms with Gasteiger partial charge in [0.05, 0.1) is 5.57 Å². The van der Waals surface area contributed by atoms with Crippen LogP contribution in [0, 0.1) is 0 Å². The monoisotopic (exact) mass is 396 g/mol. The van der Waals surface area contributed by atoms with Gasteiger partial charge in [-0.1, -0.05) is 6.07 Å². The summed E-state index contributed by atoms with van der Waals surface area (Å²) in [6.07, 6.45) is 0. The Labute approximate surface area is 169 Å². The molecule has 4 rings (SSSR count). The molecule has 3 heterocycles. The Kier molecular flexibility index (Phi) is 5.19. The van der Waals surface area contributed by atoms with Crippen LogP contribution in [0.1, 0.15) is 11.8 Å². The van der Waals surface area contributed by atoms with E-state index in [2.05, 4.69) is 34.3 Å². The van der Waals surface area contributed by atoms with Gasteiger partial charge in [-0.15, -0.1) is 11.3 Å². The highest BCUT2D eigenvalue weighted by atomic mass is 32.1. The van der Waals surface area contributed by atoms with Crippen LogP contribution in [-0.2, 0) is 9.59 Å². The van der Waals surface area contributed by atoms with Crippen molar-refractivity contribution in [2.24, 2.45) is 0 Å². The number of rotatable bonds is 5. The largest absolute Gasteiger partial charge is 0.369 e. The molecule has 0 bridgehead atoms. The zero-order valence-electron chi connectivity index (χ0n) is 16.1. The summed E-state index contributed by atoms with van der Waals surface area (Å²) < 4.78 is 0. The summed E-state index contributed by atoms with van der Waals surface area (Å²) in [5.41, 5.74) is 2.81. The molecule has 0 spiro atoms. The molecule has 0 atom stereocenters. The van der Waals surface area contributed by atoms with Crippen molar-refractivity contribution in [1.82, 2.24) is 9.80 Å². The third-order valence-electron chi connectivity index (χ3n) is 5.26. The fourth-order valence-corrected chi connectivity index (χ4v) is 4.36. The summed E-state index contributed by atoms with van der Waals surface area (Å²) in [5, 5.41) is 5.12. The van der Waals surface area contributed by atoms with Gasteiger partial charge in [0, 0.05) is 49.0 Å². The van der Waals surface area contributed by atoms with Crippen LogP contribution in [-0.4, -0.2) is 61.4 Å². The number of amides is 2. The number of thiophene rings is 1. The lowest BCUT2D eigenvalue weighted by Gasteiger charge is -2.34. The van der Waals surface area contributed by atoms with Crippen molar-refractivity contribution in [3.05, 3.63) is 52.4 Å². The lowest BCUT2D eigenvalue weighted by atomic mass is 10.1. The van der Waals surface area contributed by atoms with Gasteiger partial charge in [0.25, 0.3) is 11.8 Å². The van der Waals surface area contributed by atoms with Gasteiger partial charge >= 0.3 is 0 Å². The van der Waals surface area contributed by atoms with Crippen molar-refractivity contribution in [2.75, 3.05) is 50.0 Å². The normalized spacial score (nSPS) is 18.4. The molecule has 1 aromatic heterocycles. The van der Waals surface area contributed by atoms with E-state index >= 15 is 0 Å². The Balaban J connectivity index is 1.58. The van der Waals surface area contributed by atoms with Crippen molar-refractivity contribution < 1.29 is 9.59 Å². The van der Waals surface area contributed by atoms with Crippen LogP contribution >= 0.6 is 11.3 Å². The smallest absolute Gasteiger partial charge is 0.278 e. The molecule has 28 heavy (non-hydrogen) atoms. The average molecular weight is 397 g/mol. The van der Waals surface area contributed by atoms with E-state index in [9.17, 15) is 9.59 Å². The zero-order chi connectivity index (χ0) is 19.7. The molecule has 2 amide bonds. The molecule has 146 valence electrons. The van der Waals surface area contributed by atoms with Crippen LogP contribution in [0.3, 0.4) is 0 Å². The number of anilines is 2. The third-order valence-corrected chi connectivity index (χ3v) is 6.14. The predicted molar refractivity (Wildman–Crippen MR) is 113 cm³/mol. The molecule has 0 radical (unpaired) electrons. The van der Waals surface area contributed by atoms with Crippen LogP contribution in [0.25, 0.3) is 5.57 Å². The van der Waals surface area contributed by atoms with E-state index in [1.165, 1.54) is 21.9 Å². The highest BCUT2D eigenvalue weighted by molar-refractivity contribution is 7.11. The first-order chi connectivity index (χ1) is 13.6.